The number of nitrogens with zero attached hydrogens (tertiary/aromatic N) is 3. The molecule has 0 unspecified atom stereocenters. The second-order valence-electron chi connectivity index (χ2n) is 8.69. The van der Waals surface area contributed by atoms with Crippen LogP contribution in [0, 0.1) is 22.7 Å². The van der Waals surface area contributed by atoms with Gasteiger partial charge in [0.2, 0.25) is 5.91 Å². The highest BCUT2D eigenvalue weighted by atomic mass is 16.6. The van der Waals surface area contributed by atoms with E-state index in [1.54, 1.807) is 0 Å². The Morgan fingerprint density at radius 2 is 1.88 bits per heavy atom. The number of amides is 1. The third-order valence-electron chi connectivity index (χ3n) is 6.65. The van der Waals surface area contributed by atoms with E-state index >= 15 is 0 Å². The van der Waals surface area contributed by atoms with Crippen LogP contribution in [0.4, 0.5) is 0 Å². The van der Waals surface area contributed by atoms with Gasteiger partial charge in [-0.15, -0.1) is 0 Å². The number of azide groups is 1. The highest BCUT2D eigenvalue weighted by molar-refractivity contribution is 5.77. The Morgan fingerprint density at radius 3 is 2.46 bits per heavy atom. The van der Waals surface area contributed by atoms with Crippen LogP contribution in [0.1, 0.15) is 73.1 Å². The standard InChI is InChI=1S/C18H29N3O3/c1-12(22)24-18(5)10-7-13-16(2,3)8-6-9-17(13,4)14(18)11-15(23)20-21-19/h13-14H,6-11H2,1-5H3/t13-,14+,17-,18+/m0/s1. The molecule has 6 nitrogen and oxygen atoms in total. The van der Waals surface area contributed by atoms with Crippen molar-refractivity contribution in [1.29, 1.82) is 0 Å². The van der Waals surface area contributed by atoms with Crippen molar-refractivity contribution in [3.8, 4) is 0 Å². The van der Waals surface area contributed by atoms with E-state index in [4.69, 9.17) is 10.3 Å². The topological polar surface area (TPSA) is 92.1 Å². The molecule has 0 bridgehead atoms. The molecule has 0 aromatic rings. The van der Waals surface area contributed by atoms with E-state index in [1.165, 1.54) is 13.3 Å². The number of carbonyl (C=O) groups excluding carboxylic acids is 2. The SMILES string of the molecule is CC(=O)O[C@]1(C)CC[C@H]2C(C)(C)CCC[C@]2(C)[C@H]1CC(=O)N=[N+]=[N-]. The maximum atomic E-state index is 12.1. The predicted molar refractivity (Wildman–Crippen MR) is 90.9 cm³/mol. The monoisotopic (exact) mass is 335 g/mol. The average Bonchev–Trinajstić information content (AvgIpc) is 2.41. The van der Waals surface area contributed by atoms with Crippen molar-refractivity contribution in [2.45, 2.75) is 78.7 Å². The summed E-state index contributed by atoms with van der Waals surface area (Å²) in [5, 5.41) is 3.27. The molecule has 134 valence electrons. The Balaban J connectivity index is 2.45. The molecule has 0 saturated heterocycles. The minimum Gasteiger partial charge on any atom is -0.459 e. The molecule has 4 atom stereocenters. The zero-order valence-corrected chi connectivity index (χ0v) is 15.5. The normalized spacial score (nSPS) is 37.7. The number of ether oxygens (including phenoxy) is 1. The molecule has 2 fully saturated rings. The van der Waals surface area contributed by atoms with Gasteiger partial charge in [-0.1, -0.05) is 27.2 Å². The molecule has 0 aliphatic heterocycles. The fourth-order valence-corrected chi connectivity index (χ4v) is 5.77. The van der Waals surface area contributed by atoms with E-state index in [-0.39, 0.29) is 29.1 Å². The first kappa shape index (κ1) is 18.8. The molecule has 6 heteroatoms. The Labute approximate surface area is 144 Å². The number of esters is 1. The van der Waals surface area contributed by atoms with Crippen LogP contribution in [-0.4, -0.2) is 17.5 Å². The van der Waals surface area contributed by atoms with Gasteiger partial charge in [-0.05, 0) is 60.0 Å². The summed E-state index contributed by atoms with van der Waals surface area (Å²) in [4.78, 5) is 26.4. The lowest BCUT2D eigenvalue weighted by molar-refractivity contribution is -0.199. The van der Waals surface area contributed by atoms with Crippen LogP contribution in [0.5, 0.6) is 0 Å². The lowest BCUT2D eigenvalue weighted by Gasteiger charge is -2.61. The molecule has 0 radical (unpaired) electrons. The average molecular weight is 335 g/mol. The molecule has 2 saturated carbocycles. The van der Waals surface area contributed by atoms with Gasteiger partial charge in [0, 0.05) is 24.2 Å². The number of hydrogen-bond donors (Lipinski definition) is 0. The van der Waals surface area contributed by atoms with E-state index in [2.05, 4.69) is 30.8 Å². The van der Waals surface area contributed by atoms with Gasteiger partial charge in [0.05, 0.1) is 0 Å². The predicted octanol–water partition coefficient (Wildman–Crippen LogP) is 4.78. The molecule has 2 aliphatic rings. The third-order valence-corrected chi connectivity index (χ3v) is 6.65. The van der Waals surface area contributed by atoms with E-state index in [9.17, 15) is 9.59 Å². The third kappa shape index (κ3) is 3.30. The Hall–Kier alpha value is -1.55. The second kappa shape index (κ2) is 6.40. The summed E-state index contributed by atoms with van der Waals surface area (Å²) in [6, 6.07) is 0. The van der Waals surface area contributed by atoms with Gasteiger partial charge >= 0.3 is 5.97 Å². The molecule has 24 heavy (non-hydrogen) atoms. The molecular weight excluding hydrogens is 306 g/mol. The fourth-order valence-electron chi connectivity index (χ4n) is 5.77. The summed E-state index contributed by atoms with van der Waals surface area (Å²) >= 11 is 0. The zero-order chi connectivity index (χ0) is 18.2. The van der Waals surface area contributed by atoms with Gasteiger partial charge in [-0.3, -0.25) is 9.59 Å². The van der Waals surface area contributed by atoms with Crippen molar-refractivity contribution in [2.24, 2.45) is 27.8 Å². The van der Waals surface area contributed by atoms with E-state index in [0.29, 0.717) is 5.92 Å². The molecule has 2 aliphatic carbocycles. The van der Waals surface area contributed by atoms with Crippen molar-refractivity contribution in [1.82, 2.24) is 0 Å². The van der Waals surface area contributed by atoms with Gasteiger partial charge in [-0.25, -0.2) is 0 Å². The van der Waals surface area contributed by atoms with Crippen LogP contribution in [0.25, 0.3) is 10.4 Å². The second-order valence-corrected chi connectivity index (χ2v) is 8.69. The molecule has 0 N–H and O–H groups in total. The number of carbonyl (C=O) groups is 2. The fraction of sp³-hybridized carbons (Fsp3) is 0.889. The van der Waals surface area contributed by atoms with Crippen LogP contribution in [0.2, 0.25) is 0 Å². The first-order valence-corrected chi connectivity index (χ1v) is 8.83. The zero-order valence-electron chi connectivity index (χ0n) is 15.5. The summed E-state index contributed by atoms with van der Waals surface area (Å²) in [7, 11) is 0. The number of rotatable bonds is 3. The first-order chi connectivity index (χ1) is 11.0. The summed E-state index contributed by atoms with van der Waals surface area (Å²) in [5.41, 5.74) is 7.98. The maximum Gasteiger partial charge on any atom is 0.303 e. The van der Waals surface area contributed by atoms with E-state index < -0.39 is 11.5 Å². The lowest BCUT2D eigenvalue weighted by atomic mass is 9.45. The molecule has 0 aromatic heterocycles. The van der Waals surface area contributed by atoms with E-state index in [1.807, 2.05) is 6.92 Å². The molecular formula is C18H29N3O3. The summed E-state index contributed by atoms with van der Waals surface area (Å²) < 4.78 is 5.73. The van der Waals surface area contributed by atoms with Gasteiger partial charge in [0.25, 0.3) is 0 Å². The minimum absolute atomic E-state index is 0.106. The van der Waals surface area contributed by atoms with Crippen LogP contribution < -0.4 is 0 Å². The maximum absolute atomic E-state index is 12.1. The number of fused-ring (bicyclic) bond motifs is 1. The Bertz CT molecular complexity index is 582. The molecule has 2 rings (SSSR count). The summed E-state index contributed by atoms with van der Waals surface area (Å²) in [6.45, 7) is 10.2. The summed E-state index contributed by atoms with van der Waals surface area (Å²) in [6.07, 6.45) is 5.14. The van der Waals surface area contributed by atoms with Crippen molar-refractivity contribution >= 4 is 11.9 Å². The molecule has 1 amide bonds. The summed E-state index contributed by atoms with van der Waals surface area (Å²) in [5.74, 6) is -0.460. The van der Waals surface area contributed by atoms with Gasteiger partial charge < -0.3 is 4.74 Å². The highest BCUT2D eigenvalue weighted by Crippen LogP contribution is 2.63. The van der Waals surface area contributed by atoms with Crippen LogP contribution >= 0.6 is 0 Å². The lowest BCUT2D eigenvalue weighted by Crippen LogP contribution is -2.59. The smallest absolute Gasteiger partial charge is 0.303 e. The van der Waals surface area contributed by atoms with Crippen molar-refractivity contribution < 1.29 is 14.3 Å². The first-order valence-electron chi connectivity index (χ1n) is 8.83. The van der Waals surface area contributed by atoms with Crippen LogP contribution in [-0.2, 0) is 14.3 Å². The van der Waals surface area contributed by atoms with Crippen LogP contribution in [0.15, 0.2) is 5.11 Å². The van der Waals surface area contributed by atoms with Crippen molar-refractivity contribution in [3.63, 3.8) is 0 Å². The minimum atomic E-state index is -0.689. The van der Waals surface area contributed by atoms with E-state index in [0.717, 1.165) is 25.7 Å². The number of hydrogen-bond acceptors (Lipinski definition) is 3. The van der Waals surface area contributed by atoms with Gasteiger partial charge in [0.1, 0.15) is 5.60 Å². The van der Waals surface area contributed by atoms with Gasteiger partial charge in [-0.2, -0.15) is 0 Å². The highest BCUT2D eigenvalue weighted by Gasteiger charge is 2.59. The van der Waals surface area contributed by atoms with Gasteiger partial charge in [0.15, 0.2) is 0 Å². The van der Waals surface area contributed by atoms with Crippen LogP contribution in [0.3, 0.4) is 0 Å². The Kier molecular flexibility index (Phi) is 5.01. The largest absolute Gasteiger partial charge is 0.459 e. The Morgan fingerprint density at radius 1 is 1.21 bits per heavy atom. The van der Waals surface area contributed by atoms with Crippen molar-refractivity contribution in [2.75, 3.05) is 0 Å². The van der Waals surface area contributed by atoms with Crippen molar-refractivity contribution in [3.05, 3.63) is 10.4 Å². The quantitative estimate of drug-likeness (QED) is 0.321. The molecule has 0 spiro atoms. The molecule has 0 aromatic carbocycles. The molecule has 0 heterocycles.